The number of nitrogens with one attached hydrogen (secondary N) is 1. The zero-order valence-electron chi connectivity index (χ0n) is 17.8. The van der Waals surface area contributed by atoms with Gasteiger partial charge in [-0.15, -0.1) is 0 Å². The molecule has 0 amide bonds. The molecule has 0 aliphatic carbocycles. The second-order valence-corrected chi connectivity index (χ2v) is 9.02. The fourth-order valence-electron chi connectivity index (χ4n) is 3.88. The molecule has 3 aromatic rings. The van der Waals surface area contributed by atoms with Crippen LogP contribution in [0.15, 0.2) is 60.8 Å². The molecule has 0 saturated carbocycles. The molecular weight excluding hydrogens is 507 g/mol. The maximum absolute atomic E-state index is 14.5. The zero-order valence-corrected chi connectivity index (χ0v) is 20.2. The van der Waals surface area contributed by atoms with E-state index in [2.05, 4.69) is 38.1 Å². The number of nitrogens with zero attached hydrogens (tertiary/aromatic N) is 1. The summed E-state index contributed by atoms with van der Waals surface area (Å²) in [4.78, 5) is 4.18. The highest BCUT2D eigenvalue weighted by Crippen LogP contribution is 2.28. The highest BCUT2D eigenvalue weighted by atomic mass is 79.9. The van der Waals surface area contributed by atoms with Gasteiger partial charge in [-0.1, -0.05) is 45.6 Å². The van der Waals surface area contributed by atoms with Crippen LogP contribution in [0.4, 0.5) is 4.39 Å². The number of hydrogen-bond acceptors (Lipinski definition) is 4. The summed E-state index contributed by atoms with van der Waals surface area (Å²) in [6, 6.07) is 15.9. The van der Waals surface area contributed by atoms with Crippen molar-refractivity contribution in [2.24, 2.45) is 0 Å². The van der Waals surface area contributed by atoms with Crippen LogP contribution in [0.5, 0.6) is 5.75 Å². The van der Waals surface area contributed by atoms with E-state index in [1.54, 1.807) is 18.3 Å². The van der Waals surface area contributed by atoms with Gasteiger partial charge < -0.3 is 15.2 Å². The maximum atomic E-state index is 14.5. The summed E-state index contributed by atoms with van der Waals surface area (Å²) in [5.41, 5.74) is 1.86. The molecule has 0 radical (unpaired) electrons. The first-order valence-electron chi connectivity index (χ1n) is 10.6. The molecule has 33 heavy (non-hydrogen) atoms. The van der Waals surface area contributed by atoms with Crippen molar-refractivity contribution in [3.05, 3.63) is 82.9 Å². The van der Waals surface area contributed by atoms with Crippen molar-refractivity contribution in [2.45, 2.75) is 24.5 Å². The maximum Gasteiger partial charge on any atom is 0.158 e. The molecule has 2 N–H and O–H groups in total. The van der Waals surface area contributed by atoms with E-state index in [0.717, 1.165) is 30.5 Å². The summed E-state index contributed by atoms with van der Waals surface area (Å²) >= 11 is 9.42. The van der Waals surface area contributed by atoms with Gasteiger partial charge in [0.1, 0.15) is 17.5 Å². The Kier molecular flexibility index (Phi) is 7.67. The third kappa shape index (κ3) is 5.56. The number of aliphatic hydroxyl groups excluding tert-OH is 1. The largest absolute Gasteiger partial charge is 0.488 e. The highest BCUT2D eigenvalue weighted by molar-refractivity contribution is 9.09. The summed E-state index contributed by atoms with van der Waals surface area (Å²) < 4.78 is 20.7. The van der Waals surface area contributed by atoms with Crippen molar-refractivity contribution in [3.63, 3.8) is 0 Å². The summed E-state index contributed by atoms with van der Waals surface area (Å²) in [6.45, 7) is 0.884. The average Bonchev–Trinajstić information content (AvgIpc) is 3.33. The van der Waals surface area contributed by atoms with E-state index in [9.17, 15) is 9.50 Å². The number of aromatic nitrogens is 1. The third-order valence-corrected chi connectivity index (χ3v) is 6.63. The molecule has 1 saturated heterocycles. The van der Waals surface area contributed by atoms with Crippen LogP contribution in [0.1, 0.15) is 24.1 Å². The second kappa shape index (κ2) is 10.7. The molecule has 0 bridgehead atoms. The van der Waals surface area contributed by atoms with Crippen LogP contribution in [0.25, 0.3) is 11.1 Å². The van der Waals surface area contributed by atoms with Crippen LogP contribution in [-0.4, -0.2) is 40.2 Å². The van der Waals surface area contributed by atoms with E-state index < -0.39 is 11.4 Å². The average molecular weight is 530 g/mol. The van der Waals surface area contributed by atoms with Crippen LogP contribution in [0.3, 0.4) is 0 Å². The van der Waals surface area contributed by atoms with Gasteiger partial charge in [0.25, 0.3) is 0 Å². The fraction of sp³-hybridized carbons (Fsp3) is 0.269. The molecule has 1 aliphatic heterocycles. The summed E-state index contributed by atoms with van der Waals surface area (Å²) in [7, 11) is 0. The van der Waals surface area contributed by atoms with Gasteiger partial charge in [0.05, 0.1) is 12.1 Å². The SMILES string of the molecule is OC[C@]1([C@@H](CBr)Oc2ccc(C#Cc3ncc(-c4ccc(Cl)cc4)cc3F)cc2)CCCN1. The summed E-state index contributed by atoms with van der Waals surface area (Å²) in [5, 5.41) is 14.5. The van der Waals surface area contributed by atoms with E-state index in [4.69, 9.17) is 16.3 Å². The van der Waals surface area contributed by atoms with Gasteiger partial charge >= 0.3 is 0 Å². The van der Waals surface area contributed by atoms with Gasteiger partial charge in [0.15, 0.2) is 5.82 Å². The van der Waals surface area contributed by atoms with Gasteiger partial charge in [0.2, 0.25) is 0 Å². The molecule has 170 valence electrons. The lowest BCUT2D eigenvalue weighted by Gasteiger charge is -2.35. The Bertz CT molecular complexity index is 1150. The molecule has 2 heterocycles. The molecule has 4 rings (SSSR count). The van der Waals surface area contributed by atoms with Crippen LogP contribution in [-0.2, 0) is 0 Å². The molecule has 1 fully saturated rings. The van der Waals surface area contributed by atoms with Gasteiger partial charge in [0, 0.05) is 27.7 Å². The van der Waals surface area contributed by atoms with Crippen LogP contribution in [0, 0.1) is 17.7 Å². The molecular formula is C26H23BrClFN2O2. The molecule has 2 aromatic carbocycles. The predicted molar refractivity (Wildman–Crippen MR) is 132 cm³/mol. The Morgan fingerprint density at radius 2 is 1.91 bits per heavy atom. The van der Waals surface area contributed by atoms with Crippen LogP contribution < -0.4 is 10.1 Å². The number of alkyl halides is 1. The second-order valence-electron chi connectivity index (χ2n) is 7.94. The van der Waals surface area contributed by atoms with Crippen molar-refractivity contribution in [1.82, 2.24) is 10.3 Å². The normalized spacial score (nSPS) is 18.4. The van der Waals surface area contributed by atoms with E-state index in [-0.39, 0.29) is 18.4 Å². The Morgan fingerprint density at radius 3 is 2.52 bits per heavy atom. The molecule has 0 spiro atoms. The van der Waals surface area contributed by atoms with Gasteiger partial charge in [-0.3, -0.25) is 0 Å². The van der Waals surface area contributed by atoms with E-state index >= 15 is 0 Å². The van der Waals surface area contributed by atoms with Crippen molar-refractivity contribution in [1.29, 1.82) is 0 Å². The van der Waals surface area contributed by atoms with Crippen molar-refractivity contribution < 1.29 is 14.2 Å². The van der Waals surface area contributed by atoms with E-state index in [1.807, 2.05) is 36.4 Å². The van der Waals surface area contributed by atoms with Crippen molar-refractivity contribution >= 4 is 27.5 Å². The smallest absolute Gasteiger partial charge is 0.158 e. The predicted octanol–water partition coefficient (Wildman–Crippen LogP) is 5.20. The Morgan fingerprint density at radius 1 is 1.15 bits per heavy atom. The van der Waals surface area contributed by atoms with Gasteiger partial charge in [-0.25, -0.2) is 9.37 Å². The molecule has 1 aromatic heterocycles. The fourth-order valence-corrected chi connectivity index (χ4v) is 4.75. The summed E-state index contributed by atoms with van der Waals surface area (Å²) in [5.74, 6) is 5.95. The third-order valence-electron chi connectivity index (χ3n) is 5.79. The minimum atomic E-state index is -0.478. The quantitative estimate of drug-likeness (QED) is 0.341. The number of aliphatic hydroxyl groups is 1. The number of hydrogen-bond donors (Lipinski definition) is 2. The lowest BCUT2D eigenvalue weighted by Crippen LogP contribution is -2.56. The van der Waals surface area contributed by atoms with Gasteiger partial charge in [-0.05, 0) is 73.3 Å². The van der Waals surface area contributed by atoms with Crippen LogP contribution in [0.2, 0.25) is 5.02 Å². The lowest BCUT2D eigenvalue weighted by atomic mass is 9.92. The van der Waals surface area contributed by atoms with Crippen molar-refractivity contribution in [3.8, 4) is 28.7 Å². The number of ether oxygens (including phenoxy) is 1. The minimum absolute atomic E-state index is 0.0161. The Balaban J connectivity index is 1.45. The standard InChI is InChI=1S/C26H23BrClFN2O2/c27-15-25(26(17-32)12-1-13-31-26)33-22-9-2-18(3-10-22)4-11-24-23(29)14-20(16-30-24)19-5-7-21(28)8-6-19/h2-3,5-10,14,16,25,31-32H,1,12-13,15,17H2/t25-,26+/m1/s1. The van der Waals surface area contributed by atoms with E-state index in [1.165, 1.54) is 6.07 Å². The van der Waals surface area contributed by atoms with Gasteiger partial charge in [-0.2, -0.15) is 0 Å². The topological polar surface area (TPSA) is 54.4 Å². The lowest BCUT2D eigenvalue weighted by molar-refractivity contribution is 0.0622. The number of pyridine rings is 1. The van der Waals surface area contributed by atoms with Crippen molar-refractivity contribution in [2.75, 3.05) is 18.5 Å². The Labute approximate surface area is 206 Å². The zero-order chi connectivity index (χ0) is 23.3. The Hall–Kier alpha value is -2.43. The number of benzene rings is 2. The first-order valence-corrected chi connectivity index (χ1v) is 12.1. The molecule has 7 heteroatoms. The number of rotatable bonds is 6. The molecule has 4 nitrogen and oxygen atoms in total. The summed E-state index contributed by atoms with van der Waals surface area (Å²) in [6.07, 6.45) is 3.26. The molecule has 1 aliphatic rings. The number of halogens is 3. The first-order chi connectivity index (χ1) is 16.0. The molecule has 0 unspecified atom stereocenters. The highest BCUT2D eigenvalue weighted by Gasteiger charge is 2.41. The molecule has 2 atom stereocenters. The monoisotopic (exact) mass is 528 g/mol. The first kappa shape index (κ1) is 23.7. The van der Waals surface area contributed by atoms with Crippen LogP contribution >= 0.6 is 27.5 Å². The minimum Gasteiger partial charge on any atom is -0.488 e. The van der Waals surface area contributed by atoms with E-state index in [0.29, 0.717) is 21.7 Å².